The lowest BCUT2D eigenvalue weighted by Gasteiger charge is -2.28. The third-order valence-electron chi connectivity index (χ3n) is 4.24. The zero-order valence-corrected chi connectivity index (χ0v) is 20.2. The van der Waals surface area contributed by atoms with Crippen LogP contribution in [0.2, 0.25) is 10.2 Å². The number of hydrogen-bond donors (Lipinski definition) is 4. The molecule has 0 aromatic carbocycles. The lowest BCUT2D eigenvalue weighted by Crippen LogP contribution is -2.39. The number of halogens is 2. The van der Waals surface area contributed by atoms with Crippen LogP contribution in [0.3, 0.4) is 0 Å². The number of thioether (sulfide) groups is 1. The number of aliphatic hydroxyl groups excluding tert-OH is 3. The van der Waals surface area contributed by atoms with Crippen molar-refractivity contribution in [1.82, 2.24) is 25.0 Å². The molecule has 1 amide bonds. The summed E-state index contributed by atoms with van der Waals surface area (Å²) >= 11 is 14.1. The number of amides is 1. The lowest BCUT2D eigenvalue weighted by atomic mass is 10.2. The maximum absolute atomic E-state index is 11.8. The Labute approximate surface area is 206 Å². The topological polar surface area (TPSA) is 169 Å². The number of nitrogens with two attached hydrogens (primary N) is 1. The summed E-state index contributed by atoms with van der Waals surface area (Å²) in [5.74, 6) is -0.792. The van der Waals surface area contributed by atoms with Crippen LogP contribution in [0.1, 0.15) is 17.4 Å². The van der Waals surface area contributed by atoms with Crippen molar-refractivity contribution in [3.8, 4) is 10.7 Å². The highest BCUT2D eigenvalue weighted by Gasteiger charge is 2.29. The predicted molar refractivity (Wildman–Crippen MR) is 123 cm³/mol. The lowest BCUT2D eigenvalue weighted by molar-refractivity contribution is -0.0972. The average molecular weight is 535 g/mol. The van der Waals surface area contributed by atoms with Gasteiger partial charge in [0.25, 0.3) is 5.91 Å². The number of carbonyl (C=O) groups is 1. The first-order chi connectivity index (χ1) is 15.7. The van der Waals surface area contributed by atoms with Crippen LogP contribution >= 0.6 is 46.3 Å². The molecule has 33 heavy (non-hydrogen) atoms. The van der Waals surface area contributed by atoms with E-state index in [1.165, 1.54) is 35.2 Å². The standard InChI is InChI=1S/C18H20Cl2N6O5S2/c1-8(28)12(6-27)31-18(33-13-2-9(19)3-22-15(13)16(21)30)11(29)5-26-4-10(24-25-26)17-23-14(20)7-32-17/h2-4,7-8,11-12,18,27-29H,5-6H2,1H3,(H2,21,30)/t8-,11+,12?,18?/m1/s1. The molecule has 11 nitrogen and oxygen atoms in total. The van der Waals surface area contributed by atoms with Crippen molar-refractivity contribution in [3.63, 3.8) is 0 Å². The molecule has 0 aliphatic carbocycles. The molecule has 0 saturated carbocycles. The molecule has 15 heteroatoms. The molecule has 0 aliphatic heterocycles. The average Bonchev–Trinajstić information content (AvgIpc) is 3.39. The van der Waals surface area contributed by atoms with Crippen molar-refractivity contribution in [2.24, 2.45) is 5.73 Å². The number of aromatic nitrogens is 5. The van der Waals surface area contributed by atoms with Gasteiger partial charge in [0, 0.05) is 16.5 Å². The Morgan fingerprint density at radius 1 is 1.39 bits per heavy atom. The molecule has 0 radical (unpaired) electrons. The van der Waals surface area contributed by atoms with Crippen molar-refractivity contribution in [1.29, 1.82) is 0 Å². The van der Waals surface area contributed by atoms with Crippen molar-refractivity contribution in [3.05, 3.63) is 39.7 Å². The van der Waals surface area contributed by atoms with Crippen LogP contribution in [0.15, 0.2) is 28.7 Å². The van der Waals surface area contributed by atoms with E-state index in [9.17, 15) is 20.1 Å². The molecule has 3 heterocycles. The van der Waals surface area contributed by atoms with Crippen LogP contribution in [-0.2, 0) is 11.3 Å². The third-order valence-corrected chi connectivity index (χ3v) is 6.86. The Hall–Kier alpha value is -1.84. The van der Waals surface area contributed by atoms with E-state index in [-0.39, 0.29) is 22.2 Å². The highest BCUT2D eigenvalue weighted by atomic mass is 35.5. The highest BCUT2D eigenvalue weighted by Crippen LogP contribution is 2.32. The summed E-state index contributed by atoms with van der Waals surface area (Å²) in [4.78, 5) is 20.1. The number of ether oxygens (including phenoxy) is 1. The minimum Gasteiger partial charge on any atom is -0.394 e. The maximum atomic E-state index is 11.8. The molecule has 5 N–H and O–H groups in total. The quantitative estimate of drug-likeness (QED) is 0.208. The summed E-state index contributed by atoms with van der Waals surface area (Å²) in [5, 5.41) is 41.2. The second-order valence-electron chi connectivity index (χ2n) is 6.82. The Morgan fingerprint density at radius 2 is 2.15 bits per heavy atom. The fourth-order valence-electron chi connectivity index (χ4n) is 2.63. The van der Waals surface area contributed by atoms with Crippen molar-refractivity contribution < 1.29 is 24.9 Å². The van der Waals surface area contributed by atoms with Gasteiger partial charge in [-0.05, 0) is 13.0 Å². The van der Waals surface area contributed by atoms with Gasteiger partial charge in [-0.2, -0.15) is 0 Å². The number of primary amides is 1. The largest absolute Gasteiger partial charge is 0.394 e. The van der Waals surface area contributed by atoms with Gasteiger partial charge in [-0.25, -0.2) is 14.6 Å². The number of thiazole rings is 1. The van der Waals surface area contributed by atoms with E-state index in [1.807, 2.05) is 0 Å². The highest BCUT2D eigenvalue weighted by molar-refractivity contribution is 8.00. The van der Waals surface area contributed by atoms with Crippen LogP contribution in [0.5, 0.6) is 0 Å². The Kier molecular flexibility index (Phi) is 9.01. The SMILES string of the molecule is C[C@@H](O)C(CO)OC(Sc1cc(Cl)cnc1C(N)=O)[C@@H](O)Cn1cc(-c2nc(Cl)cs2)nn1. The molecular weight excluding hydrogens is 515 g/mol. The first-order valence-electron chi connectivity index (χ1n) is 9.44. The summed E-state index contributed by atoms with van der Waals surface area (Å²) in [6.07, 6.45) is -0.423. The zero-order chi connectivity index (χ0) is 24.1. The molecule has 0 aliphatic rings. The van der Waals surface area contributed by atoms with Crippen LogP contribution in [0.25, 0.3) is 10.7 Å². The van der Waals surface area contributed by atoms with E-state index in [0.29, 0.717) is 15.9 Å². The molecule has 4 atom stereocenters. The molecule has 3 aromatic heterocycles. The number of hydrogen-bond acceptors (Lipinski definition) is 11. The summed E-state index contributed by atoms with van der Waals surface area (Å²) in [7, 11) is 0. The van der Waals surface area contributed by atoms with Gasteiger partial charge in [0.15, 0.2) is 0 Å². The first kappa shape index (κ1) is 25.8. The number of aliphatic hydroxyl groups is 3. The molecule has 3 aromatic rings. The van der Waals surface area contributed by atoms with Gasteiger partial charge in [-0.1, -0.05) is 40.2 Å². The first-order valence-corrected chi connectivity index (χ1v) is 12.0. The van der Waals surface area contributed by atoms with Crippen molar-refractivity contribution >= 4 is 52.2 Å². The fraction of sp³-hybridized carbons (Fsp3) is 0.389. The number of rotatable bonds is 11. The third kappa shape index (κ3) is 6.83. The van der Waals surface area contributed by atoms with Gasteiger partial charge in [-0.15, -0.1) is 16.4 Å². The molecule has 0 fully saturated rings. The van der Waals surface area contributed by atoms with Gasteiger partial charge >= 0.3 is 0 Å². The van der Waals surface area contributed by atoms with Crippen molar-refractivity contribution in [2.75, 3.05) is 6.61 Å². The minimum atomic E-state index is -1.23. The van der Waals surface area contributed by atoms with E-state index in [1.54, 1.807) is 11.6 Å². The number of carbonyl (C=O) groups excluding carboxylic acids is 1. The molecule has 3 rings (SSSR count). The summed E-state index contributed by atoms with van der Waals surface area (Å²) in [5.41, 5.74) is 4.73. The van der Waals surface area contributed by atoms with E-state index < -0.39 is 36.3 Å². The summed E-state index contributed by atoms with van der Waals surface area (Å²) < 4.78 is 7.15. The van der Waals surface area contributed by atoms with Gasteiger partial charge in [0.05, 0.1) is 30.5 Å². The second kappa shape index (κ2) is 11.5. The van der Waals surface area contributed by atoms with Crippen LogP contribution in [0, 0.1) is 0 Å². The van der Waals surface area contributed by atoms with Gasteiger partial charge < -0.3 is 25.8 Å². The summed E-state index contributed by atoms with van der Waals surface area (Å²) in [6, 6.07) is 1.46. The number of pyridine rings is 1. The predicted octanol–water partition coefficient (Wildman–Crippen LogP) is 1.44. The Bertz CT molecular complexity index is 1100. The fourth-order valence-corrected chi connectivity index (χ4v) is 4.90. The minimum absolute atomic E-state index is 0.0634. The van der Waals surface area contributed by atoms with Gasteiger partial charge in [-0.3, -0.25) is 4.79 Å². The smallest absolute Gasteiger partial charge is 0.268 e. The van der Waals surface area contributed by atoms with Crippen molar-refractivity contribution in [2.45, 2.75) is 42.1 Å². The summed E-state index contributed by atoms with van der Waals surface area (Å²) in [6.45, 7) is 0.867. The molecule has 178 valence electrons. The second-order valence-corrected chi connectivity index (χ2v) is 9.64. The Balaban J connectivity index is 1.84. The Morgan fingerprint density at radius 3 is 2.76 bits per heavy atom. The van der Waals surface area contributed by atoms with Gasteiger partial charge in [0.2, 0.25) is 0 Å². The van der Waals surface area contributed by atoms with E-state index >= 15 is 0 Å². The molecule has 2 unspecified atom stereocenters. The molecule has 0 spiro atoms. The monoisotopic (exact) mass is 534 g/mol. The maximum Gasteiger partial charge on any atom is 0.268 e. The van der Waals surface area contributed by atoms with Crippen LogP contribution in [-0.4, -0.2) is 76.5 Å². The molecule has 0 bridgehead atoms. The van der Waals surface area contributed by atoms with E-state index in [0.717, 1.165) is 11.8 Å². The molecule has 0 saturated heterocycles. The molecular formula is C18H20Cl2N6O5S2. The number of nitrogens with zero attached hydrogens (tertiary/aromatic N) is 5. The van der Waals surface area contributed by atoms with Crippen LogP contribution < -0.4 is 5.73 Å². The zero-order valence-electron chi connectivity index (χ0n) is 17.1. The van der Waals surface area contributed by atoms with Gasteiger partial charge in [0.1, 0.15) is 39.2 Å². The van der Waals surface area contributed by atoms with E-state index in [4.69, 9.17) is 33.7 Å². The normalized spacial score (nSPS) is 15.2. The van der Waals surface area contributed by atoms with Crippen LogP contribution in [0.4, 0.5) is 0 Å². The van der Waals surface area contributed by atoms with E-state index in [2.05, 4.69) is 20.3 Å².